The number of para-hydroxylation sites is 5. The van der Waals surface area contributed by atoms with Crippen molar-refractivity contribution in [3.63, 3.8) is 0 Å². The van der Waals surface area contributed by atoms with Crippen LogP contribution in [0.15, 0.2) is 461 Å². The van der Waals surface area contributed by atoms with Crippen LogP contribution in [0.1, 0.15) is 25.0 Å². The van der Waals surface area contributed by atoms with Crippen LogP contribution in [-0.4, -0.2) is 9.13 Å². The SMILES string of the molecule is CC1(C)c2ccccc2-c2ccc(-c3ccc(N(c4ccccc4)c4ccc(-c5ccc(-c6ccc(-c7ccc(-c8ccc9c(c8)c8ccccc8n9-c8ccccc8)cc7)cc6)cc5)cc4)cc3)cc21.c1ccc(-c2ccc(N(c3ccc(-c4ccc5c(c4)c4ccccc4n5-c4ccccc4)cc3)c3cccc4ccccc34)cc2)cc1. The van der Waals surface area contributed by atoms with Crippen LogP contribution >= 0.6 is 0 Å². The Morgan fingerprint density at radius 3 is 0.933 bits per heavy atom. The normalized spacial score (nSPS) is 12.0. The van der Waals surface area contributed by atoms with Crippen LogP contribution in [0.25, 0.3) is 155 Å². The fourth-order valence-electron chi connectivity index (χ4n) is 18.2. The van der Waals surface area contributed by atoms with E-state index in [1.54, 1.807) is 0 Å². The number of hydrogen-bond acceptors (Lipinski definition) is 2. The second-order valence-corrected chi connectivity index (χ2v) is 31.6. The van der Waals surface area contributed by atoms with E-state index in [2.05, 4.69) is 494 Å². The van der Waals surface area contributed by atoms with E-state index < -0.39 is 0 Å². The van der Waals surface area contributed by atoms with E-state index in [0.29, 0.717) is 0 Å². The first-order valence-electron chi connectivity index (χ1n) is 41.1. The molecule has 0 unspecified atom stereocenters. The van der Waals surface area contributed by atoms with Gasteiger partial charge < -0.3 is 18.9 Å². The summed E-state index contributed by atoms with van der Waals surface area (Å²) in [5, 5.41) is 7.49. The highest BCUT2D eigenvalue weighted by atomic mass is 15.1. The summed E-state index contributed by atoms with van der Waals surface area (Å²) >= 11 is 0. The number of fused-ring (bicyclic) bond motifs is 10. The maximum Gasteiger partial charge on any atom is 0.0541 e. The van der Waals surface area contributed by atoms with Gasteiger partial charge in [-0.2, -0.15) is 0 Å². The smallest absolute Gasteiger partial charge is 0.0541 e. The van der Waals surface area contributed by atoms with Crippen molar-refractivity contribution < 1.29 is 0 Å². The average Bonchev–Trinajstić information content (AvgIpc) is 1.50. The van der Waals surface area contributed by atoms with Crippen LogP contribution in [0, 0.1) is 0 Å². The lowest BCUT2D eigenvalue weighted by atomic mass is 9.81. The van der Waals surface area contributed by atoms with Crippen LogP contribution in [0.5, 0.6) is 0 Å². The van der Waals surface area contributed by atoms with Crippen molar-refractivity contribution in [2.75, 3.05) is 9.80 Å². The standard InChI is InChI=1S/C69H50N2.C46H32N2/c1-69(2)65-19-11-9-17-61(65)62-43-37-56(46-66(62)69)54-35-41-60(42-36-54)70(57-13-5-3-6-14-57)59-39-33-52(34-40-59)51-27-25-48(26-28-51)47-21-23-49(24-22-47)50-29-31-53(32-30-50)55-38-44-68-64(45-55)63-18-10-12-20-67(63)71(68)58-15-7-4-8-16-58;1-3-12-33(13-4-1)34-22-27-39(28-23-34)47(44-21-11-15-36-14-7-8-18-41(36)44)40-29-24-35(25-30-40)37-26-31-46-43(32-37)42-19-9-10-20-45(42)48(46)38-16-5-2-6-17-38/h3-46H,1-2H3;1-32H. The minimum absolute atomic E-state index is 0.0315. The summed E-state index contributed by atoms with van der Waals surface area (Å²) in [4.78, 5) is 4.71. The Morgan fingerprint density at radius 2 is 0.479 bits per heavy atom. The minimum Gasteiger partial charge on any atom is -0.311 e. The van der Waals surface area contributed by atoms with E-state index in [4.69, 9.17) is 0 Å². The molecule has 119 heavy (non-hydrogen) atoms. The van der Waals surface area contributed by atoms with Gasteiger partial charge in [-0.25, -0.2) is 0 Å². The number of benzene rings is 19. The van der Waals surface area contributed by atoms with Gasteiger partial charge in [-0.3, -0.25) is 0 Å². The Kier molecular flexibility index (Phi) is 18.3. The molecule has 1 aliphatic carbocycles. The van der Waals surface area contributed by atoms with Gasteiger partial charge in [0.1, 0.15) is 0 Å². The Labute approximate surface area is 694 Å². The Hall–Kier alpha value is -15.4. The molecule has 0 aliphatic heterocycles. The van der Waals surface area contributed by atoms with Gasteiger partial charge in [0.15, 0.2) is 0 Å². The molecule has 0 fully saturated rings. The van der Waals surface area contributed by atoms with Gasteiger partial charge in [0.2, 0.25) is 0 Å². The summed E-state index contributed by atoms with van der Waals surface area (Å²) in [6.07, 6.45) is 0. The van der Waals surface area contributed by atoms with Gasteiger partial charge >= 0.3 is 0 Å². The van der Waals surface area contributed by atoms with Gasteiger partial charge in [0, 0.05) is 72.2 Å². The molecule has 0 radical (unpaired) electrons. The van der Waals surface area contributed by atoms with Crippen LogP contribution in [0.4, 0.5) is 34.1 Å². The highest BCUT2D eigenvalue weighted by molar-refractivity contribution is 6.12. The lowest BCUT2D eigenvalue weighted by Crippen LogP contribution is -2.14. The van der Waals surface area contributed by atoms with Crippen molar-refractivity contribution >= 4 is 88.5 Å². The number of nitrogens with zero attached hydrogens (tertiary/aromatic N) is 4. The highest BCUT2D eigenvalue weighted by Crippen LogP contribution is 2.51. The lowest BCUT2D eigenvalue weighted by Gasteiger charge is -2.27. The van der Waals surface area contributed by atoms with E-state index in [1.807, 2.05) is 0 Å². The third-order valence-electron chi connectivity index (χ3n) is 24.2. The van der Waals surface area contributed by atoms with Crippen LogP contribution in [-0.2, 0) is 5.41 Å². The van der Waals surface area contributed by atoms with Gasteiger partial charge in [0.05, 0.1) is 27.8 Å². The van der Waals surface area contributed by atoms with E-state index in [9.17, 15) is 0 Å². The van der Waals surface area contributed by atoms with Crippen molar-refractivity contribution in [1.29, 1.82) is 0 Å². The zero-order valence-electron chi connectivity index (χ0n) is 66.2. The first kappa shape index (κ1) is 71.4. The highest BCUT2D eigenvalue weighted by Gasteiger charge is 2.35. The van der Waals surface area contributed by atoms with E-state index in [0.717, 1.165) is 34.1 Å². The van der Waals surface area contributed by atoms with Gasteiger partial charge in [-0.05, 0) is 239 Å². The maximum atomic E-state index is 2.40. The second kappa shape index (κ2) is 30.4. The molecular weight excluding hydrogens is 1440 g/mol. The Morgan fingerprint density at radius 1 is 0.185 bits per heavy atom. The molecule has 2 heterocycles. The third-order valence-corrected chi connectivity index (χ3v) is 24.2. The zero-order valence-corrected chi connectivity index (χ0v) is 66.2. The summed E-state index contributed by atoms with van der Waals surface area (Å²) in [7, 11) is 0. The van der Waals surface area contributed by atoms with E-state index >= 15 is 0 Å². The Bertz CT molecular complexity index is 7270. The van der Waals surface area contributed by atoms with Crippen LogP contribution < -0.4 is 9.80 Å². The number of hydrogen-bond donors (Lipinski definition) is 0. The van der Waals surface area contributed by atoms with Crippen LogP contribution in [0.2, 0.25) is 0 Å². The minimum atomic E-state index is -0.0315. The summed E-state index contributed by atoms with van der Waals surface area (Å²) in [5.74, 6) is 0. The summed E-state index contributed by atoms with van der Waals surface area (Å²) in [6, 6.07) is 167. The molecule has 22 rings (SSSR count). The number of aromatic nitrogens is 2. The van der Waals surface area contributed by atoms with Crippen molar-refractivity contribution in [2.45, 2.75) is 19.3 Å². The number of rotatable bonds is 15. The molecule has 2 aromatic heterocycles. The van der Waals surface area contributed by atoms with E-state index in [1.165, 1.54) is 166 Å². The quantitative estimate of drug-likeness (QED) is 0.102. The second-order valence-electron chi connectivity index (χ2n) is 31.6. The van der Waals surface area contributed by atoms with Crippen molar-refractivity contribution in [3.05, 3.63) is 472 Å². The van der Waals surface area contributed by atoms with Crippen LogP contribution in [0.3, 0.4) is 0 Å². The predicted molar refractivity (Wildman–Crippen MR) is 504 cm³/mol. The monoisotopic (exact) mass is 1520 g/mol. The molecular formula is C115H82N4. The molecule has 4 heteroatoms. The summed E-state index contributed by atoms with van der Waals surface area (Å²) < 4.78 is 4.73. The zero-order chi connectivity index (χ0) is 79.3. The van der Waals surface area contributed by atoms with Gasteiger partial charge in [-0.1, -0.05) is 341 Å². The molecule has 0 saturated heterocycles. The molecule has 0 spiro atoms. The molecule has 0 atom stereocenters. The van der Waals surface area contributed by atoms with Gasteiger partial charge in [-0.15, -0.1) is 0 Å². The molecule has 4 nitrogen and oxygen atoms in total. The first-order valence-corrected chi connectivity index (χ1v) is 41.1. The fourth-order valence-corrected chi connectivity index (χ4v) is 18.2. The molecule has 0 amide bonds. The lowest BCUT2D eigenvalue weighted by molar-refractivity contribution is 0.660. The van der Waals surface area contributed by atoms with Gasteiger partial charge in [0.25, 0.3) is 0 Å². The fraction of sp³-hybridized carbons (Fsp3) is 0.0261. The van der Waals surface area contributed by atoms with Crippen molar-refractivity contribution in [1.82, 2.24) is 9.13 Å². The largest absolute Gasteiger partial charge is 0.311 e. The first-order chi connectivity index (χ1) is 58.8. The molecule has 0 bridgehead atoms. The topological polar surface area (TPSA) is 16.3 Å². The maximum absolute atomic E-state index is 2.40. The number of anilines is 6. The van der Waals surface area contributed by atoms with Crippen molar-refractivity contribution in [3.8, 4) is 100 Å². The molecule has 1 aliphatic rings. The average molecular weight is 1520 g/mol. The Balaban J connectivity index is 0.000000159. The summed E-state index contributed by atoms with van der Waals surface area (Å²) in [6.45, 7) is 4.69. The molecule has 21 aromatic rings. The molecule has 0 N–H and O–H groups in total. The molecule has 562 valence electrons. The molecule has 19 aromatic carbocycles. The third kappa shape index (κ3) is 13.3. The van der Waals surface area contributed by atoms with E-state index in [-0.39, 0.29) is 5.41 Å². The summed E-state index contributed by atoms with van der Waals surface area (Å²) in [5.41, 5.74) is 36.3. The van der Waals surface area contributed by atoms with Crippen molar-refractivity contribution in [2.24, 2.45) is 0 Å². The molecule has 0 saturated carbocycles. The predicted octanol–water partition coefficient (Wildman–Crippen LogP) is 31.6.